The van der Waals surface area contributed by atoms with E-state index in [4.69, 9.17) is 0 Å². The largest absolute Gasteiger partial charge is 0.306 e. The topological polar surface area (TPSA) is 51.4 Å². The van der Waals surface area contributed by atoms with Crippen molar-refractivity contribution in [1.29, 1.82) is 0 Å². The molecule has 1 saturated heterocycles. The van der Waals surface area contributed by atoms with Gasteiger partial charge in [-0.25, -0.2) is 13.4 Å². The molecule has 2 aromatic heterocycles. The summed E-state index contributed by atoms with van der Waals surface area (Å²) in [6, 6.07) is 3.84. The fourth-order valence-electron chi connectivity index (χ4n) is 2.21. The first-order valence-electron chi connectivity index (χ1n) is 5.38. The highest BCUT2D eigenvalue weighted by atomic mass is 79.9. The van der Waals surface area contributed by atoms with E-state index in [0.29, 0.717) is 6.42 Å². The average Bonchev–Trinajstić information content (AvgIpc) is 2.80. The lowest BCUT2D eigenvalue weighted by molar-refractivity contribution is 0.601. The van der Waals surface area contributed by atoms with E-state index in [9.17, 15) is 8.42 Å². The lowest BCUT2D eigenvalue weighted by Gasteiger charge is -2.00. The van der Waals surface area contributed by atoms with E-state index in [1.807, 2.05) is 28.9 Å². The van der Waals surface area contributed by atoms with Crippen molar-refractivity contribution in [2.45, 2.75) is 12.3 Å². The monoisotopic (exact) mass is 314 g/mol. The first kappa shape index (κ1) is 11.2. The Morgan fingerprint density at radius 2 is 2.18 bits per heavy atom. The molecule has 0 saturated carbocycles. The molecule has 0 bridgehead atoms. The molecule has 1 atom stereocenters. The Balaban J connectivity index is 2.02. The Hall–Kier alpha value is -0.880. The molecule has 2 aromatic rings. The Labute approximate surface area is 108 Å². The van der Waals surface area contributed by atoms with E-state index in [2.05, 4.69) is 20.9 Å². The normalized spacial score (nSPS) is 23.2. The molecular formula is C11H11BrN2O2S. The van der Waals surface area contributed by atoms with Gasteiger partial charge < -0.3 is 4.40 Å². The van der Waals surface area contributed by atoms with Crippen LogP contribution in [0.25, 0.3) is 5.65 Å². The highest BCUT2D eigenvalue weighted by Gasteiger charge is 2.30. The summed E-state index contributed by atoms with van der Waals surface area (Å²) in [5.41, 5.74) is 1.73. The van der Waals surface area contributed by atoms with Gasteiger partial charge in [0.2, 0.25) is 0 Å². The maximum atomic E-state index is 11.4. The van der Waals surface area contributed by atoms with Crippen LogP contribution < -0.4 is 0 Å². The minimum absolute atomic E-state index is 0.0543. The zero-order valence-electron chi connectivity index (χ0n) is 9.01. The minimum atomic E-state index is -2.85. The lowest BCUT2D eigenvalue weighted by Crippen LogP contribution is -2.03. The molecule has 4 nitrogen and oxygen atoms in total. The molecule has 0 amide bonds. The average molecular weight is 315 g/mol. The van der Waals surface area contributed by atoms with Crippen LogP contribution in [-0.2, 0) is 9.84 Å². The fraction of sp³-hybridized carbons (Fsp3) is 0.364. The standard InChI is InChI=1S/C11H11BrN2O2S/c12-9-1-2-11-13-10(6-14(11)5-9)8-3-4-17(15,16)7-8/h1-2,5-6,8H,3-4,7H2. The molecule has 0 N–H and O–H groups in total. The summed E-state index contributed by atoms with van der Waals surface area (Å²) >= 11 is 3.40. The molecule has 1 aliphatic heterocycles. The molecule has 6 heteroatoms. The molecule has 3 rings (SSSR count). The molecular weight excluding hydrogens is 304 g/mol. The maximum Gasteiger partial charge on any atom is 0.151 e. The number of hydrogen-bond donors (Lipinski definition) is 0. The molecule has 0 aromatic carbocycles. The molecule has 1 aliphatic rings. The van der Waals surface area contributed by atoms with Crippen LogP contribution in [0.15, 0.2) is 29.0 Å². The highest BCUT2D eigenvalue weighted by molar-refractivity contribution is 9.10. The van der Waals surface area contributed by atoms with Crippen LogP contribution in [-0.4, -0.2) is 29.3 Å². The summed E-state index contributed by atoms with van der Waals surface area (Å²) in [5.74, 6) is 0.575. The van der Waals surface area contributed by atoms with Crippen molar-refractivity contribution in [2.75, 3.05) is 11.5 Å². The molecule has 17 heavy (non-hydrogen) atoms. The van der Waals surface area contributed by atoms with Gasteiger partial charge in [0.05, 0.1) is 17.2 Å². The number of halogens is 1. The van der Waals surface area contributed by atoms with E-state index >= 15 is 0 Å². The summed E-state index contributed by atoms with van der Waals surface area (Å²) in [5, 5.41) is 0. The second kappa shape index (κ2) is 3.81. The fourth-order valence-corrected chi connectivity index (χ4v) is 4.32. The second-order valence-corrected chi connectivity index (χ2v) is 7.52. The Kier molecular flexibility index (Phi) is 2.52. The van der Waals surface area contributed by atoms with E-state index in [0.717, 1.165) is 15.8 Å². The maximum absolute atomic E-state index is 11.4. The number of imidazole rings is 1. The summed E-state index contributed by atoms with van der Waals surface area (Å²) in [7, 11) is -2.85. The quantitative estimate of drug-likeness (QED) is 0.809. The van der Waals surface area contributed by atoms with E-state index in [1.165, 1.54) is 0 Å². The third-order valence-corrected chi connectivity index (χ3v) is 5.32. The van der Waals surface area contributed by atoms with Gasteiger partial charge in [-0.1, -0.05) is 0 Å². The van der Waals surface area contributed by atoms with Gasteiger partial charge in [-0.15, -0.1) is 0 Å². The molecule has 3 heterocycles. The minimum Gasteiger partial charge on any atom is -0.306 e. The van der Waals surface area contributed by atoms with E-state index in [1.54, 1.807) is 0 Å². The van der Waals surface area contributed by atoms with Gasteiger partial charge in [-0.05, 0) is 34.5 Å². The van der Waals surface area contributed by atoms with Crippen LogP contribution in [0.2, 0.25) is 0 Å². The Morgan fingerprint density at radius 1 is 1.35 bits per heavy atom. The van der Waals surface area contributed by atoms with Gasteiger partial charge >= 0.3 is 0 Å². The van der Waals surface area contributed by atoms with Crippen molar-refractivity contribution in [3.05, 3.63) is 34.7 Å². The SMILES string of the molecule is O=S1(=O)CCC(c2cn3cc(Br)ccc3n2)C1. The van der Waals surface area contributed by atoms with Crippen LogP contribution in [0.1, 0.15) is 18.0 Å². The van der Waals surface area contributed by atoms with Crippen molar-refractivity contribution < 1.29 is 8.42 Å². The summed E-state index contributed by atoms with van der Waals surface area (Å²) in [6.45, 7) is 0. The first-order valence-corrected chi connectivity index (χ1v) is 7.99. The van der Waals surface area contributed by atoms with E-state index in [-0.39, 0.29) is 17.4 Å². The zero-order chi connectivity index (χ0) is 12.0. The van der Waals surface area contributed by atoms with Crippen LogP contribution in [0, 0.1) is 0 Å². The first-order chi connectivity index (χ1) is 8.03. The van der Waals surface area contributed by atoms with Crippen molar-refractivity contribution >= 4 is 31.4 Å². The van der Waals surface area contributed by atoms with Crippen LogP contribution in [0.4, 0.5) is 0 Å². The number of nitrogens with zero attached hydrogens (tertiary/aromatic N) is 2. The van der Waals surface area contributed by atoms with Gasteiger partial charge in [0.1, 0.15) is 5.65 Å². The van der Waals surface area contributed by atoms with Gasteiger partial charge in [0.15, 0.2) is 9.84 Å². The van der Waals surface area contributed by atoms with Gasteiger partial charge in [0, 0.05) is 22.8 Å². The van der Waals surface area contributed by atoms with Crippen LogP contribution in [0.5, 0.6) is 0 Å². The number of aromatic nitrogens is 2. The van der Waals surface area contributed by atoms with Gasteiger partial charge in [-0.2, -0.15) is 0 Å². The third kappa shape index (κ3) is 2.11. The molecule has 1 unspecified atom stereocenters. The summed E-state index contributed by atoms with van der Waals surface area (Å²) in [6.07, 6.45) is 4.54. The number of sulfone groups is 1. The molecule has 0 spiro atoms. The Morgan fingerprint density at radius 3 is 2.88 bits per heavy atom. The van der Waals surface area contributed by atoms with Gasteiger partial charge in [-0.3, -0.25) is 0 Å². The number of fused-ring (bicyclic) bond motifs is 1. The number of pyridine rings is 1. The van der Waals surface area contributed by atoms with Gasteiger partial charge in [0.25, 0.3) is 0 Å². The molecule has 0 aliphatic carbocycles. The number of hydrogen-bond acceptors (Lipinski definition) is 3. The van der Waals surface area contributed by atoms with Crippen molar-refractivity contribution in [3.8, 4) is 0 Å². The lowest BCUT2D eigenvalue weighted by atomic mass is 10.1. The third-order valence-electron chi connectivity index (χ3n) is 3.08. The summed E-state index contributed by atoms with van der Waals surface area (Å²) < 4.78 is 25.8. The molecule has 0 radical (unpaired) electrons. The van der Waals surface area contributed by atoms with E-state index < -0.39 is 9.84 Å². The number of rotatable bonds is 1. The van der Waals surface area contributed by atoms with Crippen LogP contribution >= 0.6 is 15.9 Å². The summed E-state index contributed by atoms with van der Waals surface area (Å²) in [4.78, 5) is 4.48. The Bertz CT molecular complexity index is 678. The van der Waals surface area contributed by atoms with Crippen molar-refractivity contribution in [2.24, 2.45) is 0 Å². The predicted octanol–water partition coefficient (Wildman–Crippen LogP) is 2.00. The van der Waals surface area contributed by atoms with Crippen LogP contribution in [0.3, 0.4) is 0 Å². The van der Waals surface area contributed by atoms with Crippen molar-refractivity contribution in [3.63, 3.8) is 0 Å². The zero-order valence-corrected chi connectivity index (χ0v) is 11.4. The molecule has 90 valence electrons. The predicted molar refractivity (Wildman–Crippen MR) is 68.9 cm³/mol. The smallest absolute Gasteiger partial charge is 0.151 e. The second-order valence-electron chi connectivity index (χ2n) is 4.38. The molecule has 1 fully saturated rings. The van der Waals surface area contributed by atoms with Crippen molar-refractivity contribution in [1.82, 2.24) is 9.38 Å². The highest BCUT2D eigenvalue weighted by Crippen LogP contribution is 2.28.